The summed E-state index contributed by atoms with van der Waals surface area (Å²) in [6.45, 7) is 0. The van der Waals surface area contributed by atoms with E-state index in [1.54, 1.807) is 0 Å². The molecule has 3 heteroatoms. The smallest absolute Gasteiger partial charge is 0.0992 e. The minimum Gasteiger partial charge on any atom is -0.388 e. The molecule has 4 saturated carbocycles. The van der Waals surface area contributed by atoms with Crippen molar-refractivity contribution in [3.8, 4) is 0 Å². The van der Waals surface area contributed by atoms with Crippen LogP contribution in [0.3, 0.4) is 0 Å². The molecule has 4 aliphatic rings. The highest BCUT2D eigenvalue weighted by Crippen LogP contribution is 2.83. The Hall–Kier alpha value is -1.35. The first-order chi connectivity index (χ1) is 10.3. The fourth-order valence-electron chi connectivity index (χ4n) is 5.62. The highest BCUT2D eigenvalue weighted by Gasteiger charge is 2.76. The summed E-state index contributed by atoms with van der Waals surface area (Å²) in [6, 6.07) is 2.22. The molecular weight excluding hydrogens is 260 g/mol. The third-order valence-corrected chi connectivity index (χ3v) is 7.08. The highest BCUT2D eigenvalue weighted by molar-refractivity contribution is 5.59. The van der Waals surface area contributed by atoms with Crippen molar-refractivity contribution in [3.63, 3.8) is 0 Å². The number of pyridine rings is 1. The van der Waals surface area contributed by atoms with Crippen LogP contribution in [0.4, 0.5) is 0 Å². The zero-order valence-electron chi connectivity index (χ0n) is 12.1. The van der Waals surface area contributed by atoms with Crippen molar-refractivity contribution in [2.24, 2.45) is 23.2 Å². The quantitative estimate of drug-likeness (QED) is 0.936. The normalized spacial score (nSPS) is 40.9. The molecule has 0 bridgehead atoms. The Morgan fingerprint density at radius 2 is 2.24 bits per heavy atom. The summed E-state index contributed by atoms with van der Waals surface area (Å²) in [7, 11) is 0. The third kappa shape index (κ3) is 1.24. The first-order valence-electron chi connectivity index (χ1n) is 8.40. The van der Waals surface area contributed by atoms with E-state index >= 15 is 0 Å². The molecule has 1 N–H and O–H groups in total. The fourth-order valence-corrected chi connectivity index (χ4v) is 5.62. The maximum absolute atomic E-state index is 11.1. The molecule has 2 aromatic heterocycles. The zero-order chi connectivity index (χ0) is 13.8. The van der Waals surface area contributed by atoms with Gasteiger partial charge >= 0.3 is 0 Å². The summed E-state index contributed by atoms with van der Waals surface area (Å²) in [5, 5.41) is 11.1. The van der Waals surface area contributed by atoms with Crippen molar-refractivity contribution in [2.75, 3.05) is 0 Å². The van der Waals surface area contributed by atoms with Gasteiger partial charge in [0.05, 0.1) is 24.1 Å². The van der Waals surface area contributed by atoms with Gasteiger partial charge in [-0.3, -0.25) is 0 Å². The second-order valence-corrected chi connectivity index (χ2v) is 7.93. The minimum atomic E-state index is -0.279. The first-order valence-corrected chi connectivity index (χ1v) is 8.40. The number of hydrogen-bond donors (Lipinski definition) is 1. The van der Waals surface area contributed by atoms with Crippen molar-refractivity contribution >= 4 is 5.52 Å². The number of rotatable bonds is 3. The van der Waals surface area contributed by atoms with Crippen molar-refractivity contribution < 1.29 is 5.11 Å². The Kier molecular flexibility index (Phi) is 1.79. The molecule has 0 amide bonds. The standard InChI is InChI=1S/C18H20N2O/c21-17(13-7-18-6-11(18)5-14(13)18)16-12(10-1-2-10)3-4-20-9-19-8-15(16)20/h3-4,8-11,13-14,17,21H,1-2,5-7H2/t11?,13-,14-,17-,18?/m0/s1. The Bertz CT molecular complexity index is 762. The molecule has 2 heterocycles. The second-order valence-electron chi connectivity index (χ2n) is 7.93. The van der Waals surface area contributed by atoms with Crippen molar-refractivity contribution in [3.05, 3.63) is 35.9 Å². The molecule has 6 rings (SSSR count). The molecule has 4 fully saturated rings. The topological polar surface area (TPSA) is 37.5 Å². The number of imidazole rings is 1. The number of fused-ring (bicyclic) bond motifs is 1. The van der Waals surface area contributed by atoms with Gasteiger partial charge in [0.25, 0.3) is 0 Å². The molecule has 2 aromatic rings. The van der Waals surface area contributed by atoms with Gasteiger partial charge in [-0.25, -0.2) is 4.98 Å². The second kappa shape index (κ2) is 3.35. The van der Waals surface area contributed by atoms with Crippen LogP contribution in [-0.4, -0.2) is 14.5 Å². The summed E-state index contributed by atoms with van der Waals surface area (Å²) < 4.78 is 2.07. The molecule has 5 atom stereocenters. The van der Waals surface area contributed by atoms with E-state index in [4.69, 9.17) is 0 Å². The van der Waals surface area contributed by atoms with Crippen molar-refractivity contribution in [1.29, 1.82) is 0 Å². The first kappa shape index (κ1) is 11.2. The van der Waals surface area contributed by atoms with Crippen LogP contribution in [0.2, 0.25) is 0 Å². The fraction of sp³-hybridized carbons (Fsp3) is 0.611. The SMILES string of the molecule is O[C@H](c1c(C2CC2)ccn2cncc12)[C@H]1CC23CC2C[C@@H]13. The number of nitrogens with zero attached hydrogens (tertiary/aromatic N) is 2. The minimum absolute atomic E-state index is 0.279. The number of aliphatic hydroxyl groups excluding tert-OH is 1. The van der Waals surface area contributed by atoms with Crippen LogP contribution >= 0.6 is 0 Å². The average Bonchev–Trinajstić information content (AvgIpc) is 3.38. The molecule has 108 valence electrons. The van der Waals surface area contributed by atoms with Gasteiger partial charge in [0.2, 0.25) is 0 Å². The van der Waals surface area contributed by atoms with Crippen LogP contribution in [0.25, 0.3) is 5.52 Å². The van der Waals surface area contributed by atoms with E-state index < -0.39 is 0 Å². The van der Waals surface area contributed by atoms with E-state index in [0.717, 1.165) is 17.4 Å². The van der Waals surface area contributed by atoms with Crippen molar-refractivity contribution in [2.45, 2.75) is 44.1 Å². The van der Waals surface area contributed by atoms with E-state index in [1.807, 2.05) is 12.5 Å². The monoisotopic (exact) mass is 280 g/mol. The molecule has 0 aliphatic heterocycles. The molecule has 0 saturated heterocycles. The maximum atomic E-state index is 11.1. The molecule has 0 aromatic carbocycles. The van der Waals surface area contributed by atoms with Crippen LogP contribution in [-0.2, 0) is 0 Å². The predicted molar refractivity (Wildman–Crippen MR) is 78.9 cm³/mol. The van der Waals surface area contributed by atoms with E-state index in [1.165, 1.54) is 43.2 Å². The molecule has 2 unspecified atom stereocenters. The maximum Gasteiger partial charge on any atom is 0.0992 e. The lowest BCUT2D eigenvalue weighted by Crippen LogP contribution is -2.49. The van der Waals surface area contributed by atoms with E-state index in [-0.39, 0.29) is 6.10 Å². The lowest BCUT2D eigenvalue weighted by molar-refractivity contribution is -0.108. The molecule has 1 spiro atoms. The van der Waals surface area contributed by atoms with E-state index in [2.05, 4.69) is 21.6 Å². The third-order valence-electron chi connectivity index (χ3n) is 7.08. The zero-order valence-corrected chi connectivity index (χ0v) is 12.1. The van der Waals surface area contributed by atoms with Crippen LogP contribution in [0.5, 0.6) is 0 Å². The Balaban J connectivity index is 1.46. The molecular formula is C18H20N2O. The lowest BCUT2D eigenvalue weighted by atomic mass is 9.50. The highest BCUT2D eigenvalue weighted by atomic mass is 16.3. The largest absolute Gasteiger partial charge is 0.388 e. The van der Waals surface area contributed by atoms with Gasteiger partial charge < -0.3 is 9.51 Å². The Labute approximate surface area is 124 Å². The molecule has 0 radical (unpaired) electrons. The number of hydrogen-bond acceptors (Lipinski definition) is 2. The van der Waals surface area contributed by atoms with Crippen LogP contribution in [0.1, 0.15) is 55.3 Å². The molecule has 21 heavy (non-hydrogen) atoms. The van der Waals surface area contributed by atoms with Gasteiger partial charge in [-0.2, -0.15) is 0 Å². The molecule has 3 nitrogen and oxygen atoms in total. The van der Waals surface area contributed by atoms with Gasteiger partial charge in [0, 0.05) is 11.8 Å². The predicted octanol–water partition coefficient (Wildman–Crippen LogP) is 3.29. The number of aliphatic hydroxyl groups is 1. The Morgan fingerprint density at radius 1 is 1.33 bits per heavy atom. The summed E-state index contributed by atoms with van der Waals surface area (Å²) in [5.41, 5.74) is 4.42. The van der Waals surface area contributed by atoms with Crippen LogP contribution in [0.15, 0.2) is 24.8 Å². The number of aromatic nitrogens is 2. The molecule has 4 aliphatic carbocycles. The van der Waals surface area contributed by atoms with Crippen molar-refractivity contribution in [1.82, 2.24) is 9.38 Å². The van der Waals surface area contributed by atoms with Gasteiger partial charge in [0.15, 0.2) is 0 Å². The average molecular weight is 280 g/mol. The van der Waals surface area contributed by atoms with Gasteiger partial charge in [-0.1, -0.05) is 0 Å². The van der Waals surface area contributed by atoms with Gasteiger partial charge in [0.1, 0.15) is 0 Å². The Morgan fingerprint density at radius 3 is 2.90 bits per heavy atom. The summed E-state index contributed by atoms with van der Waals surface area (Å²) in [6.07, 6.45) is 12.3. The van der Waals surface area contributed by atoms with Crippen LogP contribution < -0.4 is 0 Å². The van der Waals surface area contributed by atoms with Crippen LogP contribution in [0, 0.1) is 23.2 Å². The van der Waals surface area contributed by atoms with Gasteiger partial charge in [-0.05, 0) is 72.8 Å². The summed E-state index contributed by atoms with van der Waals surface area (Å²) >= 11 is 0. The van der Waals surface area contributed by atoms with E-state index in [9.17, 15) is 5.11 Å². The van der Waals surface area contributed by atoms with E-state index in [0.29, 0.717) is 17.3 Å². The summed E-state index contributed by atoms with van der Waals surface area (Å²) in [5.74, 6) is 3.02. The lowest BCUT2D eigenvalue weighted by Gasteiger charge is -2.55. The summed E-state index contributed by atoms with van der Waals surface area (Å²) in [4.78, 5) is 4.29. The van der Waals surface area contributed by atoms with Gasteiger partial charge in [-0.15, -0.1) is 0 Å².